The molecule has 0 atom stereocenters. The van der Waals surface area contributed by atoms with Crippen LogP contribution in [-0.4, -0.2) is 48.2 Å². The van der Waals surface area contributed by atoms with Gasteiger partial charge in [-0.1, -0.05) is 0 Å². The van der Waals surface area contributed by atoms with Gasteiger partial charge >= 0.3 is 5.97 Å². The maximum atomic E-state index is 12.1. The van der Waals surface area contributed by atoms with Crippen LogP contribution in [0.25, 0.3) is 0 Å². The van der Waals surface area contributed by atoms with Crippen LogP contribution in [0.2, 0.25) is 0 Å². The van der Waals surface area contributed by atoms with Crippen LogP contribution in [0, 0.1) is 0 Å². The monoisotopic (exact) mass is 387 g/mol. The summed E-state index contributed by atoms with van der Waals surface area (Å²) in [5.41, 5.74) is 0.568. The van der Waals surface area contributed by atoms with E-state index in [-0.39, 0.29) is 18.1 Å². The lowest BCUT2D eigenvalue weighted by Crippen LogP contribution is -2.37. The second-order valence-corrected chi connectivity index (χ2v) is 5.79. The number of rotatable bonds is 6. The zero-order chi connectivity index (χ0) is 20.1. The van der Waals surface area contributed by atoms with E-state index < -0.39 is 36.8 Å². The summed E-state index contributed by atoms with van der Waals surface area (Å²) in [4.78, 5) is 47.3. The lowest BCUT2D eigenvalue weighted by atomic mass is 10.2. The molecule has 3 amide bonds. The Morgan fingerprint density at radius 3 is 2.64 bits per heavy atom. The van der Waals surface area contributed by atoms with E-state index in [2.05, 4.69) is 10.6 Å². The van der Waals surface area contributed by atoms with Crippen molar-refractivity contribution in [2.24, 2.45) is 7.05 Å². The molecule has 0 bridgehead atoms. The van der Waals surface area contributed by atoms with Gasteiger partial charge in [0.1, 0.15) is 12.2 Å². The van der Waals surface area contributed by atoms with Gasteiger partial charge in [-0.2, -0.15) is 0 Å². The molecule has 2 N–H and O–H groups in total. The Labute approximate surface area is 159 Å². The van der Waals surface area contributed by atoms with E-state index in [9.17, 15) is 19.2 Å². The summed E-state index contributed by atoms with van der Waals surface area (Å²) in [7, 11) is 1.66. The highest BCUT2D eigenvalue weighted by Gasteiger charge is 2.18. The number of carbonyl (C=O) groups is 4. The van der Waals surface area contributed by atoms with Gasteiger partial charge in [0.2, 0.25) is 6.79 Å². The van der Waals surface area contributed by atoms with E-state index in [0.717, 1.165) is 0 Å². The summed E-state index contributed by atoms with van der Waals surface area (Å²) in [5.74, 6) is -1.75. The predicted molar refractivity (Wildman–Crippen MR) is 93.7 cm³/mol. The van der Waals surface area contributed by atoms with Crippen molar-refractivity contribution in [3.8, 4) is 11.5 Å². The van der Waals surface area contributed by atoms with E-state index in [1.165, 1.54) is 12.1 Å². The topological polar surface area (TPSA) is 125 Å². The number of fused-ring (bicyclic) bond motifs is 1. The third-order valence-electron chi connectivity index (χ3n) is 3.82. The zero-order valence-corrected chi connectivity index (χ0v) is 14.9. The largest absolute Gasteiger partial charge is 0.454 e. The Kier molecular flexibility index (Phi) is 5.58. The quantitative estimate of drug-likeness (QED) is 0.668. The number of hydrogen-bond donors (Lipinski definition) is 2. The first-order valence-electron chi connectivity index (χ1n) is 8.23. The highest BCUT2D eigenvalue weighted by molar-refractivity contribution is 6.04. The molecule has 28 heavy (non-hydrogen) atoms. The maximum absolute atomic E-state index is 12.1. The van der Waals surface area contributed by atoms with Gasteiger partial charge in [-0.3, -0.25) is 24.5 Å². The summed E-state index contributed by atoms with van der Waals surface area (Å²) in [6, 6.07) is 7.80. The Hall–Kier alpha value is -3.82. The van der Waals surface area contributed by atoms with Gasteiger partial charge in [0.25, 0.3) is 17.7 Å². The molecule has 1 aliphatic heterocycles. The molecule has 10 nitrogen and oxygen atoms in total. The van der Waals surface area contributed by atoms with Gasteiger partial charge < -0.3 is 24.1 Å². The SMILES string of the molecule is Cn1cccc1C(=O)NC(=O)COC(=O)CNC(=O)c1ccc2c(c1)OCO2. The fourth-order valence-electron chi connectivity index (χ4n) is 2.41. The molecule has 0 saturated heterocycles. The van der Waals surface area contributed by atoms with Gasteiger partial charge in [-0.05, 0) is 30.3 Å². The third kappa shape index (κ3) is 4.47. The van der Waals surface area contributed by atoms with Crippen LogP contribution in [0.15, 0.2) is 36.5 Å². The molecule has 2 heterocycles. The molecule has 1 aromatic carbocycles. The Balaban J connectivity index is 1.40. The molecular weight excluding hydrogens is 370 g/mol. The highest BCUT2D eigenvalue weighted by atomic mass is 16.7. The smallest absolute Gasteiger partial charge is 0.325 e. The number of aryl methyl sites for hydroxylation is 1. The number of ether oxygens (including phenoxy) is 3. The fourth-order valence-corrected chi connectivity index (χ4v) is 2.41. The summed E-state index contributed by atoms with van der Waals surface area (Å²) >= 11 is 0. The van der Waals surface area contributed by atoms with Crippen molar-refractivity contribution in [3.05, 3.63) is 47.8 Å². The molecule has 3 rings (SSSR count). The first kappa shape index (κ1) is 19.0. The van der Waals surface area contributed by atoms with Crippen molar-refractivity contribution in [1.82, 2.24) is 15.2 Å². The van der Waals surface area contributed by atoms with Crippen LogP contribution in [0.4, 0.5) is 0 Å². The molecule has 1 aliphatic rings. The normalized spacial score (nSPS) is 11.6. The average molecular weight is 387 g/mol. The minimum absolute atomic E-state index is 0.0847. The van der Waals surface area contributed by atoms with E-state index >= 15 is 0 Å². The van der Waals surface area contributed by atoms with Gasteiger partial charge in [0.05, 0.1) is 0 Å². The van der Waals surface area contributed by atoms with E-state index in [4.69, 9.17) is 14.2 Å². The van der Waals surface area contributed by atoms with Gasteiger partial charge in [-0.15, -0.1) is 0 Å². The molecule has 1 aromatic heterocycles. The Morgan fingerprint density at radius 2 is 1.89 bits per heavy atom. The number of imide groups is 1. The Morgan fingerprint density at radius 1 is 1.11 bits per heavy atom. The summed E-state index contributed by atoms with van der Waals surface area (Å²) in [5, 5.41) is 4.48. The molecule has 0 spiro atoms. The van der Waals surface area contributed by atoms with Crippen LogP contribution in [-0.2, 0) is 21.4 Å². The van der Waals surface area contributed by atoms with Gasteiger partial charge in [-0.25, -0.2) is 0 Å². The Bertz CT molecular complexity index is 935. The molecule has 146 valence electrons. The summed E-state index contributed by atoms with van der Waals surface area (Å²) in [6.45, 7) is -0.997. The van der Waals surface area contributed by atoms with E-state index in [1.54, 1.807) is 36.0 Å². The number of esters is 1. The molecule has 0 fully saturated rings. The molecule has 10 heteroatoms. The van der Waals surface area contributed by atoms with E-state index in [1.807, 2.05) is 0 Å². The van der Waals surface area contributed by atoms with Gasteiger partial charge in [0.15, 0.2) is 18.1 Å². The van der Waals surface area contributed by atoms with Crippen molar-refractivity contribution in [3.63, 3.8) is 0 Å². The summed E-state index contributed by atoms with van der Waals surface area (Å²) in [6.07, 6.45) is 1.66. The first-order valence-corrected chi connectivity index (χ1v) is 8.23. The number of nitrogens with zero attached hydrogens (tertiary/aromatic N) is 1. The first-order chi connectivity index (χ1) is 13.4. The molecule has 2 aromatic rings. The molecule has 0 unspecified atom stereocenters. The predicted octanol–water partition coefficient (Wildman–Crippen LogP) is -0.0166. The number of hydrogen-bond acceptors (Lipinski definition) is 7. The second-order valence-electron chi connectivity index (χ2n) is 5.79. The van der Waals surface area contributed by atoms with Crippen LogP contribution < -0.4 is 20.1 Å². The van der Waals surface area contributed by atoms with Crippen molar-refractivity contribution in [2.75, 3.05) is 19.9 Å². The lowest BCUT2D eigenvalue weighted by Gasteiger charge is -2.08. The van der Waals surface area contributed by atoms with Crippen molar-refractivity contribution < 1.29 is 33.4 Å². The van der Waals surface area contributed by atoms with Crippen LogP contribution in [0.5, 0.6) is 11.5 Å². The number of nitrogens with one attached hydrogen (secondary N) is 2. The number of carbonyl (C=O) groups excluding carboxylic acids is 4. The van der Waals surface area contributed by atoms with Crippen LogP contribution in [0.3, 0.4) is 0 Å². The van der Waals surface area contributed by atoms with E-state index in [0.29, 0.717) is 11.5 Å². The number of amides is 3. The standard InChI is InChI=1S/C18H17N3O7/c1-21-6-2-3-12(21)18(25)20-15(22)9-26-16(23)8-19-17(24)11-4-5-13-14(7-11)28-10-27-13/h2-7H,8-10H2,1H3,(H,19,24)(H,20,22,25). The van der Waals surface area contributed by atoms with Crippen LogP contribution >= 0.6 is 0 Å². The highest BCUT2D eigenvalue weighted by Crippen LogP contribution is 2.32. The van der Waals surface area contributed by atoms with Crippen molar-refractivity contribution >= 4 is 23.7 Å². The fraction of sp³-hybridized carbons (Fsp3) is 0.222. The molecular formula is C18H17N3O7. The van der Waals surface area contributed by atoms with Gasteiger partial charge in [0, 0.05) is 18.8 Å². The third-order valence-corrected chi connectivity index (χ3v) is 3.82. The maximum Gasteiger partial charge on any atom is 0.325 e. The van der Waals surface area contributed by atoms with Crippen molar-refractivity contribution in [1.29, 1.82) is 0 Å². The number of benzene rings is 1. The lowest BCUT2D eigenvalue weighted by molar-refractivity contribution is -0.147. The minimum Gasteiger partial charge on any atom is -0.454 e. The second kappa shape index (κ2) is 8.25. The molecule has 0 aliphatic carbocycles. The zero-order valence-electron chi connectivity index (χ0n) is 14.9. The summed E-state index contributed by atoms with van der Waals surface area (Å²) < 4.78 is 16.6. The van der Waals surface area contributed by atoms with Crippen LogP contribution in [0.1, 0.15) is 20.8 Å². The number of aromatic nitrogens is 1. The minimum atomic E-state index is -0.824. The van der Waals surface area contributed by atoms with Crippen molar-refractivity contribution in [2.45, 2.75) is 0 Å². The average Bonchev–Trinajstić information content (AvgIpc) is 3.32. The molecule has 0 saturated carbocycles. The molecule has 0 radical (unpaired) electrons.